The van der Waals surface area contributed by atoms with Crippen LogP contribution in [0.15, 0.2) is 28.7 Å². The van der Waals surface area contributed by atoms with E-state index in [9.17, 15) is 0 Å². The Labute approximate surface area is 147 Å². The summed E-state index contributed by atoms with van der Waals surface area (Å²) in [5.74, 6) is 1.50. The van der Waals surface area contributed by atoms with Gasteiger partial charge in [0, 0.05) is 22.7 Å². The fourth-order valence-corrected chi connectivity index (χ4v) is 2.93. The highest BCUT2D eigenvalue weighted by molar-refractivity contribution is 7.14. The Balaban J connectivity index is 2.14. The van der Waals surface area contributed by atoms with Crippen LogP contribution in [0.25, 0.3) is 11.3 Å². The molecule has 2 aromatic rings. The fourth-order valence-electron chi connectivity index (χ4n) is 2.28. The summed E-state index contributed by atoms with van der Waals surface area (Å²) in [6.07, 6.45) is 4.33. The number of ether oxygens (including phenoxy) is 2. The lowest BCUT2D eigenvalue weighted by Gasteiger charge is -2.08. The van der Waals surface area contributed by atoms with Gasteiger partial charge in [-0.25, -0.2) is 4.98 Å². The zero-order valence-corrected chi connectivity index (χ0v) is 15.6. The van der Waals surface area contributed by atoms with E-state index in [2.05, 4.69) is 29.4 Å². The molecule has 1 N–H and O–H groups in total. The number of anilines is 1. The molecule has 0 saturated heterocycles. The molecule has 6 heteroatoms. The van der Waals surface area contributed by atoms with Crippen molar-refractivity contribution in [1.82, 2.24) is 4.98 Å². The van der Waals surface area contributed by atoms with E-state index in [0.717, 1.165) is 40.7 Å². The molecule has 24 heavy (non-hydrogen) atoms. The van der Waals surface area contributed by atoms with Crippen molar-refractivity contribution >= 4 is 22.2 Å². The van der Waals surface area contributed by atoms with E-state index < -0.39 is 0 Å². The first-order chi connectivity index (χ1) is 11.7. The number of aromatic nitrogens is 1. The second-order valence-electron chi connectivity index (χ2n) is 5.35. The average molecular weight is 347 g/mol. The minimum absolute atomic E-state index is 0.742. The van der Waals surface area contributed by atoms with Gasteiger partial charge < -0.3 is 9.47 Å². The van der Waals surface area contributed by atoms with Gasteiger partial charge in [0.1, 0.15) is 11.5 Å². The number of hydrogen-bond acceptors (Lipinski definition) is 6. The summed E-state index contributed by atoms with van der Waals surface area (Å²) in [4.78, 5) is 4.61. The lowest BCUT2D eigenvalue weighted by atomic mass is 10.1. The fraction of sp³-hybridized carbons (Fsp3) is 0.444. The zero-order chi connectivity index (χ0) is 17.4. The SMILES string of the molecule is CCCC/C(CC)=N/Nc1nc(-c2ccc(OC)cc2OC)cs1. The van der Waals surface area contributed by atoms with Crippen molar-refractivity contribution in [2.24, 2.45) is 5.10 Å². The molecule has 1 aromatic carbocycles. The molecular weight excluding hydrogens is 322 g/mol. The molecule has 0 fully saturated rings. The Hall–Kier alpha value is -2.08. The molecule has 0 bridgehead atoms. The summed E-state index contributed by atoms with van der Waals surface area (Å²) < 4.78 is 10.7. The van der Waals surface area contributed by atoms with Crippen molar-refractivity contribution in [1.29, 1.82) is 0 Å². The molecule has 1 heterocycles. The average Bonchev–Trinajstić information content (AvgIpc) is 3.10. The van der Waals surface area contributed by atoms with Crippen molar-refractivity contribution in [2.45, 2.75) is 39.5 Å². The minimum atomic E-state index is 0.742. The molecule has 0 radical (unpaired) electrons. The number of methoxy groups -OCH3 is 2. The second-order valence-corrected chi connectivity index (χ2v) is 6.21. The first-order valence-electron chi connectivity index (χ1n) is 8.21. The van der Waals surface area contributed by atoms with Gasteiger partial charge in [0.15, 0.2) is 0 Å². The van der Waals surface area contributed by atoms with Crippen LogP contribution in [0.3, 0.4) is 0 Å². The number of hydrazone groups is 1. The molecule has 0 aliphatic carbocycles. The van der Waals surface area contributed by atoms with Crippen LogP contribution in [-0.2, 0) is 0 Å². The molecule has 0 unspecified atom stereocenters. The molecule has 0 atom stereocenters. The predicted molar refractivity (Wildman–Crippen MR) is 102 cm³/mol. The summed E-state index contributed by atoms with van der Waals surface area (Å²) in [6, 6.07) is 5.72. The quantitative estimate of drug-likeness (QED) is 0.500. The van der Waals surface area contributed by atoms with Gasteiger partial charge in [-0.3, -0.25) is 5.43 Å². The van der Waals surface area contributed by atoms with Crippen LogP contribution >= 0.6 is 11.3 Å². The van der Waals surface area contributed by atoms with E-state index in [0.29, 0.717) is 0 Å². The summed E-state index contributed by atoms with van der Waals surface area (Å²) in [5, 5.41) is 7.27. The second kappa shape index (κ2) is 9.27. The Morgan fingerprint density at radius 2 is 2.08 bits per heavy atom. The normalized spacial score (nSPS) is 11.4. The molecule has 130 valence electrons. The van der Waals surface area contributed by atoms with Crippen LogP contribution < -0.4 is 14.9 Å². The molecule has 5 nitrogen and oxygen atoms in total. The molecule has 1 aromatic heterocycles. The number of benzene rings is 1. The van der Waals surface area contributed by atoms with Gasteiger partial charge in [0.2, 0.25) is 5.13 Å². The molecule has 2 rings (SSSR count). The zero-order valence-electron chi connectivity index (χ0n) is 14.8. The third-order valence-electron chi connectivity index (χ3n) is 3.73. The predicted octanol–water partition coefficient (Wildman–Crippen LogP) is 5.20. The van der Waals surface area contributed by atoms with E-state index in [1.807, 2.05) is 23.6 Å². The maximum absolute atomic E-state index is 5.45. The molecule has 0 saturated carbocycles. The summed E-state index contributed by atoms with van der Waals surface area (Å²) in [6.45, 7) is 4.32. The van der Waals surface area contributed by atoms with Gasteiger partial charge in [0.25, 0.3) is 0 Å². The van der Waals surface area contributed by atoms with Crippen LogP contribution in [-0.4, -0.2) is 24.9 Å². The third kappa shape index (κ3) is 4.71. The van der Waals surface area contributed by atoms with Crippen molar-refractivity contribution in [2.75, 3.05) is 19.6 Å². The van der Waals surface area contributed by atoms with Gasteiger partial charge in [0.05, 0.1) is 19.9 Å². The van der Waals surface area contributed by atoms with Gasteiger partial charge >= 0.3 is 0 Å². The summed E-state index contributed by atoms with van der Waals surface area (Å²) >= 11 is 1.53. The Morgan fingerprint density at radius 1 is 1.25 bits per heavy atom. The van der Waals surface area contributed by atoms with Crippen molar-refractivity contribution in [3.05, 3.63) is 23.6 Å². The molecule has 0 aliphatic rings. The van der Waals surface area contributed by atoms with Gasteiger partial charge in [-0.05, 0) is 31.4 Å². The standard InChI is InChI=1S/C18H25N3O2S/c1-5-7-8-13(6-2)20-21-18-19-16(12-24-18)15-10-9-14(22-3)11-17(15)23-4/h9-12H,5-8H2,1-4H3,(H,19,21)/b20-13+. The number of hydrogen-bond donors (Lipinski definition) is 1. The minimum Gasteiger partial charge on any atom is -0.497 e. The van der Waals surface area contributed by atoms with Crippen LogP contribution in [0.4, 0.5) is 5.13 Å². The molecular formula is C18H25N3O2S. The lowest BCUT2D eigenvalue weighted by molar-refractivity contribution is 0.395. The number of thiazole rings is 1. The van der Waals surface area contributed by atoms with Crippen LogP contribution in [0.5, 0.6) is 11.5 Å². The van der Waals surface area contributed by atoms with E-state index in [4.69, 9.17) is 9.47 Å². The molecule has 0 amide bonds. The Bertz CT molecular complexity index is 683. The highest BCUT2D eigenvalue weighted by Crippen LogP contribution is 2.34. The van der Waals surface area contributed by atoms with Crippen molar-refractivity contribution in [3.63, 3.8) is 0 Å². The van der Waals surface area contributed by atoms with Crippen LogP contribution in [0.2, 0.25) is 0 Å². The van der Waals surface area contributed by atoms with E-state index in [1.54, 1.807) is 14.2 Å². The Kier molecular flexibility index (Phi) is 7.06. The van der Waals surface area contributed by atoms with Gasteiger partial charge in [-0.1, -0.05) is 20.3 Å². The molecule has 0 spiro atoms. The summed E-state index contributed by atoms with van der Waals surface area (Å²) in [5.41, 5.74) is 6.06. The van der Waals surface area contributed by atoms with Crippen molar-refractivity contribution < 1.29 is 9.47 Å². The smallest absolute Gasteiger partial charge is 0.203 e. The van der Waals surface area contributed by atoms with E-state index in [1.165, 1.54) is 29.9 Å². The topological polar surface area (TPSA) is 55.7 Å². The summed E-state index contributed by atoms with van der Waals surface area (Å²) in [7, 11) is 3.29. The first kappa shape index (κ1) is 18.3. The number of rotatable bonds is 9. The molecule has 0 aliphatic heterocycles. The largest absolute Gasteiger partial charge is 0.497 e. The highest BCUT2D eigenvalue weighted by atomic mass is 32.1. The number of unbranched alkanes of at least 4 members (excludes halogenated alkanes) is 1. The van der Waals surface area contributed by atoms with Crippen LogP contribution in [0, 0.1) is 0 Å². The van der Waals surface area contributed by atoms with Crippen molar-refractivity contribution in [3.8, 4) is 22.8 Å². The number of nitrogens with one attached hydrogen (secondary N) is 1. The van der Waals surface area contributed by atoms with E-state index >= 15 is 0 Å². The maximum Gasteiger partial charge on any atom is 0.203 e. The van der Waals surface area contributed by atoms with Crippen LogP contribution in [0.1, 0.15) is 39.5 Å². The Morgan fingerprint density at radius 3 is 2.75 bits per heavy atom. The van der Waals surface area contributed by atoms with Gasteiger partial charge in [-0.2, -0.15) is 5.10 Å². The van der Waals surface area contributed by atoms with E-state index in [-0.39, 0.29) is 0 Å². The first-order valence-corrected chi connectivity index (χ1v) is 9.09. The van der Waals surface area contributed by atoms with Gasteiger partial charge in [-0.15, -0.1) is 11.3 Å². The third-order valence-corrected chi connectivity index (χ3v) is 4.47. The highest BCUT2D eigenvalue weighted by Gasteiger charge is 2.11. The monoisotopic (exact) mass is 347 g/mol. The number of nitrogens with zero attached hydrogens (tertiary/aromatic N) is 2. The maximum atomic E-state index is 5.45. The lowest BCUT2D eigenvalue weighted by Crippen LogP contribution is -2.00.